The molecule has 25 heavy (non-hydrogen) atoms. The summed E-state index contributed by atoms with van der Waals surface area (Å²) in [7, 11) is 1.64. The highest BCUT2D eigenvalue weighted by molar-refractivity contribution is 6.05. The van der Waals surface area contributed by atoms with Gasteiger partial charge in [-0.15, -0.1) is 0 Å². The van der Waals surface area contributed by atoms with Crippen molar-refractivity contribution in [3.8, 4) is 5.75 Å². The summed E-state index contributed by atoms with van der Waals surface area (Å²) in [4.78, 5) is 15.2. The Labute approximate surface area is 147 Å². The Morgan fingerprint density at radius 3 is 2.40 bits per heavy atom. The third-order valence-corrected chi connectivity index (χ3v) is 4.74. The molecule has 4 rings (SSSR count). The van der Waals surface area contributed by atoms with E-state index in [1.54, 1.807) is 7.11 Å². The Hall–Kier alpha value is -3.07. The number of anilines is 1. The van der Waals surface area contributed by atoms with Crippen molar-refractivity contribution in [1.82, 2.24) is 0 Å². The monoisotopic (exact) mass is 329 g/mol. The first kappa shape index (κ1) is 15.5. The summed E-state index contributed by atoms with van der Waals surface area (Å²) in [5, 5.41) is 0. The minimum Gasteiger partial charge on any atom is -0.497 e. The highest BCUT2D eigenvalue weighted by atomic mass is 16.5. The number of carbonyl (C=O) groups is 1. The quantitative estimate of drug-likeness (QED) is 0.832. The van der Waals surface area contributed by atoms with Crippen LogP contribution in [0.2, 0.25) is 0 Å². The van der Waals surface area contributed by atoms with Crippen LogP contribution in [0.1, 0.15) is 11.5 Å². The maximum Gasteiger partial charge on any atom is 0.239 e. The Bertz CT molecular complexity index is 863. The van der Waals surface area contributed by atoms with E-state index >= 15 is 0 Å². The third kappa shape index (κ3) is 2.68. The zero-order valence-electron chi connectivity index (χ0n) is 14.0. The van der Waals surface area contributed by atoms with Crippen LogP contribution in [0.3, 0.4) is 0 Å². The minimum atomic E-state index is -0.203. The second kappa shape index (κ2) is 6.44. The number of fused-ring (bicyclic) bond motifs is 1. The fraction of sp³-hybridized carbons (Fsp3) is 0.136. The molecule has 2 aliphatic rings. The van der Waals surface area contributed by atoms with E-state index in [1.165, 1.54) is 0 Å². The molecule has 1 saturated heterocycles. The molecule has 2 aromatic rings. The Morgan fingerprint density at radius 2 is 1.68 bits per heavy atom. The molecule has 124 valence electrons. The average Bonchev–Trinajstić information content (AvgIpc) is 2.79. The summed E-state index contributed by atoms with van der Waals surface area (Å²) in [6.07, 6.45) is 10.2. The molecule has 1 aliphatic carbocycles. The second-order valence-electron chi connectivity index (χ2n) is 6.15. The van der Waals surface area contributed by atoms with Crippen molar-refractivity contribution in [3.05, 3.63) is 96.2 Å². The maximum atomic E-state index is 13.3. The van der Waals surface area contributed by atoms with E-state index in [0.717, 1.165) is 22.7 Å². The van der Waals surface area contributed by atoms with Crippen molar-refractivity contribution < 1.29 is 9.53 Å². The van der Waals surface area contributed by atoms with Crippen LogP contribution in [0.4, 0.5) is 5.69 Å². The lowest BCUT2D eigenvalue weighted by Crippen LogP contribution is -2.25. The topological polar surface area (TPSA) is 29.5 Å². The van der Waals surface area contributed by atoms with Gasteiger partial charge >= 0.3 is 0 Å². The van der Waals surface area contributed by atoms with Crippen LogP contribution in [0.5, 0.6) is 5.75 Å². The summed E-state index contributed by atoms with van der Waals surface area (Å²) < 4.78 is 5.24. The van der Waals surface area contributed by atoms with Crippen molar-refractivity contribution in [2.24, 2.45) is 5.92 Å². The van der Waals surface area contributed by atoms with Crippen molar-refractivity contribution in [2.45, 2.75) is 5.92 Å². The first-order chi connectivity index (χ1) is 12.3. The Kier molecular flexibility index (Phi) is 3.98. The van der Waals surface area contributed by atoms with Gasteiger partial charge in [0.15, 0.2) is 0 Å². The third-order valence-electron chi connectivity index (χ3n) is 4.74. The van der Waals surface area contributed by atoms with Gasteiger partial charge in [0, 0.05) is 17.3 Å². The molecule has 1 aliphatic heterocycles. The molecule has 3 heteroatoms. The van der Waals surface area contributed by atoms with Gasteiger partial charge in [0.25, 0.3) is 0 Å². The number of methoxy groups -OCH3 is 1. The highest BCUT2D eigenvalue weighted by Gasteiger charge is 2.44. The van der Waals surface area contributed by atoms with Crippen LogP contribution in [0.15, 0.2) is 90.7 Å². The molecule has 0 N–H and O–H groups in total. The van der Waals surface area contributed by atoms with Crippen LogP contribution in [-0.4, -0.2) is 13.0 Å². The molecule has 0 spiro atoms. The van der Waals surface area contributed by atoms with E-state index in [9.17, 15) is 4.79 Å². The van der Waals surface area contributed by atoms with E-state index in [2.05, 4.69) is 6.08 Å². The molecule has 0 saturated carbocycles. The number of amides is 1. The first-order valence-corrected chi connectivity index (χ1v) is 8.37. The molecule has 0 unspecified atom stereocenters. The average molecular weight is 329 g/mol. The van der Waals surface area contributed by atoms with Gasteiger partial charge in [0.05, 0.1) is 13.0 Å². The van der Waals surface area contributed by atoms with E-state index in [4.69, 9.17) is 4.74 Å². The van der Waals surface area contributed by atoms with Crippen LogP contribution >= 0.6 is 0 Å². The van der Waals surface area contributed by atoms with Gasteiger partial charge in [-0.3, -0.25) is 9.69 Å². The lowest BCUT2D eigenvalue weighted by Gasteiger charge is -2.19. The zero-order valence-corrected chi connectivity index (χ0v) is 14.0. The van der Waals surface area contributed by atoms with Gasteiger partial charge in [-0.05, 0) is 35.9 Å². The first-order valence-electron chi connectivity index (χ1n) is 8.37. The van der Waals surface area contributed by atoms with Gasteiger partial charge in [-0.1, -0.05) is 54.6 Å². The lowest BCUT2D eigenvalue weighted by atomic mass is 9.87. The largest absolute Gasteiger partial charge is 0.497 e. The van der Waals surface area contributed by atoms with Gasteiger partial charge < -0.3 is 4.74 Å². The highest BCUT2D eigenvalue weighted by Crippen LogP contribution is 2.44. The molecule has 0 aromatic heterocycles. The second-order valence-corrected chi connectivity index (χ2v) is 6.15. The summed E-state index contributed by atoms with van der Waals surface area (Å²) in [6, 6.07) is 17.6. The van der Waals surface area contributed by atoms with Gasteiger partial charge in [0.1, 0.15) is 5.75 Å². The number of nitrogens with zero attached hydrogens (tertiary/aromatic N) is 1. The van der Waals surface area contributed by atoms with Gasteiger partial charge in [0.2, 0.25) is 5.91 Å². The SMILES string of the molecule is COc1ccc(N2C(=O)[C@@H](c3ccccc3)[C@@H]3C=CC=CC=C32)cc1. The number of ether oxygens (including phenoxy) is 1. The van der Waals surface area contributed by atoms with E-state index in [1.807, 2.05) is 83.8 Å². The summed E-state index contributed by atoms with van der Waals surface area (Å²) in [5.74, 6) is 0.714. The molecular formula is C22H19NO2. The normalized spacial score (nSPS) is 21.7. The number of allylic oxidation sites excluding steroid dienone is 5. The number of benzene rings is 2. The Morgan fingerprint density at radius 1 is 0.920 bits per heavy atom. The molecule has 3 nitrogen and oxygen atoms in total. The lowest BCUT2D eigenvalue weighted by molar-refractivity contribution is -0.118. The molecular weight excluding hydrogens is 310 g/mol. The molecule has 2 aromatic carbocycles. The molecule has 1 fully saturated rings. The van der Waals surface area contributed by atoms with Crippen LogP contribution < -0.4 is 9.64 Å². The molecule has 2 atom stereocenters. The molecule has 0 radical (unpaired) electrons. The summed E-state index contributed by atoms with van der Waals surface area (Å²) >= 11 is 0. The maximum absolute atomic E-state index is 13.3. The van der Waals surface area contributed by atoms with Gasteiger partial charge in [-0.25, -0.2) is 0 Å². The number of hydrogen-bond donors (Lipinski definition) is 0. The van der Waals surface area contributed by atoms with Crippen molar-refractivity contribution in [3.63, 3.8) is 0 Å². The Balaban J connectivity index is 1.81. The molecule has 0 bridgehead atoms. The fourth-order valence-corrected chi connectivity index (χ4v) is 3.56. The number of rotatable bonds is 3. The van der Waals surface area contributed by atoms with Crippen molar-refractivity contribution in [2.75, 3.05) is 12.0 Å². The number of carbonyl (C=O) groups excluding carboxylic acids is 1. The van der Waals surface area contributed by atoms with E-state index in [0.29, 0.717) is 0 Å². The predicted molar refractivity (Wildman–Crippen MR) is 99.5 cm³/mol. The van der Waals surface area contributed by atoms with Crippen molar-refractivity contribution in [1.29, 1.82) is 0 Å². The van der Waals surface area contributed by atoms with Crippen LogP contribution in [0, 0.1) is 5.92 Å². The van der Waals surface area contributed by atoms with E-state index in [-0.39, 0.29) is 17.7 Å². The minimum absolute atomic E-state index is 0.0343. The van der Waals surface area contributed by atoms with Crippen LogP contribution in [0.25, 0.3) is 0 Å². The van der Waals surface area contributed by atoms with Gasteiger partial charge in [-0.2, -0.15) is 0 Å². The predicted octanol–water partition coefficient (Wildman–Crippen LogP) is 4.45. The van der Waals surface area contributed by atoms with E-state index < -0.39 is 0 Å². The summed E-state index contributed by atoms with van der Waals surface area (Å²) in [6.45, 7) is 0. The fourth-order valence-electron chi connectivity index (χ4n) is 3.56. The number of hydrogen-bond acceptors (Lipinski definition) is 2. The molecule has 1 amide bonds. The van der Waals surface area contributed by atoms with Crippen molar-refractivity contribution >= 4 is 11.6 Å². The van der Waals surface area contributed by atoms with Crippen LogP contribution in [-0.2, 0) is 4.79 Å². The molecule has 1 heterocycles. The smallest absolute Gasteiger partial charge is 0.239 e. The summed E-state index contributed by atoms with van der Waals surface area (Å²) in [5.41, 5.74) is 2.92. The standard InChI is InChI=1S/C22H19NO2/c1-25-18-14-12-17(13-15-18)23-20-11-7-3-6-10-19(20)21(22(23)24)16-8-4-2-5-9-16/h2-15,19,21H,1H3/t19-,21+/m1/s1. The zero-order chi connectivity index (χ0) is 17.2.